The molecule has 6 nitrogen and oxygen atoms in total. The van der Waals surface area contributed by atoms with Crippen LogP contribution in [-0.2, 0) is 16.0 Å². The van der Waals surface area contributed by atoms with E-state index >= 15 is 0 Å². The summed E-state index contributed by atoms with van der Waals surface area (Å²) >= 11 is 0. The van der Waals surface area contributed by atoms with Crippen molar-refractivity contribution in [3.8, 4) is 0 Å². The number of nitrogens with zero attached hydrogens (tertiary/aromatic N) is 3. The van der Waals surface area contributed by atoms with Gasteiger partial charge in [-0.15, -0.1) is 0 Å². The number of nitrogens with one attached hydrogen (secondary N) is 1. The van der Waals surface area contributed by atoms with Gasteiger partial charge in [-0.3, -0.25) is 0 Å². The van der Waals surface area contributed by atoms with E-state index in [4.69, 9.17) is 9.47 Å². The number of fused-ring (bicyclic) bond motifs is 1. The van der Waals surface area contributed by atoms with Gasteiger partial charge in [-0.2, -0.15) is 5.10 Å². The molecular weight excluding hydrogens is 244 g/mol. The molecule has 0 unspecified atom stereocenters. The second-order valence-electron chi connectivity index (χ2n) is 4.33. The summed E-state index contributed by atoms with van der Waals surface area (Å²) in [6.07, 6.45) is 3.86. The Balaban J connectivity index is 1.72. The number of hydrogen-bond donors (Lipinski definition) is 1. The van der Waals surface area contributed by atoms with Crippen molar-refractivity contribution >= 4 is 5.65 Å². The van der Waals surface area contributed by atoms with Gasteiger partial charge in [-0.05, 0) is 6.92 Å². The minimum atomic E-state index is 0.637. The highest BCUT2D eigenvalue weighted by Crippen LogP contribution is 2.04. The van der Waals surface area contributed by atoms with Gasteiger partial charge in [-0.1, -0.05) is 0 Å². The third-order valence-corrected chi connectivity index (χ3v) is 2.67. The molecule has 6 heteroatoms. The van der Waals surface area contributed by atoms with Gasteiger partial charge in [0.25, 0.3) is 0 Å². The molecule has 19 heavy (non-hydrogen) atoms. The molecule has 0 amide bonds. The molecule has 0 fully saturated rings. The maximum atomic E-state index is 5.36. The summed E-state index contributed by atoms with van der Waals surface area (Å²) in [5.41, 5.74) is 2.96. The highest BCUT2D eigenvalue weighted by atomic mass is 16.5. The van der Waals surface area contributed by atoms with E-state index in [0.717, 1.165) is 30.0 Å². The van der Waals surface area contributed by atoms with E-state index < -0.39 is 0 Å². The molecule has 0 atom stereocenters. The van der Waals surface area contributed by atoms with Crippen LogP contribution in [0.25, 0.3) is 5.65 Å². The third kappa shape index (κ3) is 4.27. The zero-order valence-corrected chi connectivity index (χ0v) is 11.4. The number of rotatable bonds is 8. The predicted molar refractivity (Wildman–Crippen MR) is 72.1 cm³/mol. The molecule has 0 radical (unpaired) electrons. The van der Waals surface area contributed by atoms with Crippen LogP contribution in [0.1, 0.15) is 11.3 Å². The minimum Gasteiger partial charge on any atom is -0.382 e. The average molecular weight is 264 g/mol. The summed E-state index contributed by atoms with van der Waals surface area (Å²) in [5.74, 6) is 0. The molecule has 2 rings (SSSR count). The molecule has 0 saturated carbocycles. The van der Waals surface area contributed by atoms with Crippen molar-refractivity contribution in [3.05, 3.63) is 29.7 Å². The number of hydrogen-bond acceptors (Lipinski definition) is 5. The number of methoxy groups -OCH3 is 1. The minimum absolute atomic E-state index is 0.637. The fraction of sp³-hybridized carbons (Fsp3) is 0.538. The molecule has 0 bridgehead atoms. The second-order valence-corrected chi connectivity index (χ2v) is 4.33. The smallest absolute Gasteiger partial charge is 0.155 e. The van der Waals surface area contributed by atoms with Crippen molar-refractivity contribution < 1.29 is 9.47 Å². The molecule has 1 N–H and O–H groups in total. The lowest BCUT2D eigenvalue weighted by molar-refractivity contribution is 0.0719. The standard InChI is InChI=1S/C13H20N4O2/c1-11-7-13-15-9-12(10-17(13)16-11)8-14-3-4-19-6-5-18-2/h7,9-10,14H,3-6,8H2,1-2H3. The zero-order chi connectivity index (χ0) is 13.5. The molecule has 0 aliphatic carbocycles. The van der Waals surface area contributed by atoms with Crippen LogP contribution in [-0.4, -0.2) is 48.1 Å². The topological polar surface area (TPSA) is 60.7 Å². The van der Waals surface area contributed by atoms with Gasteiger partial charge in [0.05, 0.1) is 25.5 Å². The highest BCUT2D eigenvalue weighted by Gasteiger charge is 2.00. The molecule has 2 heterocycles. The van der Waals surface area contributed by atoms with Crippen LogP contribution in [0.3, 0.4) is 0 Å². The maximum absolute atomic E-state index is 5.36. The fourth-order valence-corrected chi connectivity index (χ4v) is 1.75. The van der Waals surface area contributed by atoms with Gasteiger partial charge in [0, 0.05) is 44.2 Å². The van der Waals surface area contributed by atoms with Crippen LogP contribution in [0, 0.1) is 6.92 Å². The lowest BCUT2D eigenvalue weighted by atomic mass is 10.3. The maximum Gasteiger partial charge on any atom is 0.155 e. The first-order chi connectivity index (χ1) is 9.29. The second kappa shape index (κ2) is 7.18. The quantitative estimate of drug-likeness (QED) is 0.714. The molecule has 104 valence electrons. The Morgan fingerprint density at radius 2 is 2.21 bits per heavy atom. The first-order valence-electron chi connectivity index (χ1n) is 6.38. The van der Waals surface area contributed by atoms with Crippen molar-refractivity contribution in [2.45, 2.75) is 13.5 Å². The van der Waals surface area contributed by atoms with Crippen molar-refractivity contribution in [2.75, 3.05) is 33.5 Å². The SMILES string of the molecule is COCCOCCNCc1cnc2cc(C)nn2c1. The molecular formula is C13H20N4O2. The molecule has 0 aliphatic heterocycles. The van der Waals surface area contributed by atoms with Crippen molar-refractivity contribution in [2.24, 2.45) is 0 Å². The lowest BCUT2D eigenvalue weighted by Gasteiger charge is -2.06. The van der Waals surface area contributed by atoms with E-state index in [9.17, 15) is 0 Å². The van der Waals surface area contributed by atoms with E-state index in [-0.39, 0.29) is 0 Å². The Kier molecular flexibility index (Phi) is 5.26. The Morgan fingerprint density at radius 1 is 1.32 bits per heavy atom. The van der Waals surface area contributed by atoms with Gasteiger partial charge in [0.2, 0.25) is 0 Å². The average Bonchev–Trinajstić information content (AvgIpc) is 2.77. The molecule has 2 aromatic rings. The summed E-state index contributed by atoms with van der Waals surface area (Å²) in [7, 11) is 1.67. The van der Waals surface area contributed by atoms with Gasteiger partial charge < -0.3 is 14.8 Å². The summed E-state index contributed by atoms with van der Waals surface area (Å²) < 4.78 is 12.1. The normalized spacial score (nSPS) is 11.3. The molecule has 0 saturated heterocycles. The van der Waals surface area contributed by atoms with Crippen molar-refractivity contribution in [1.29, 1.82) is 0 Å². The molecule has 0 aliphatic rings. The van der Waals surface area contributed by atoms with Crippen LogP contribution in [0.2, 0.25) is 0 Å². The van der Waals surface area contributed by atoms with Crippen LogP contribution < -0.4 is 5.32 Å². The zero-order valence-electron chi connectivity index (χ0n) is 11.4. The molecule has 2 aromatic heterocycles. The van der Waals surface area contributed by atoms with Crippen LogP contribution >= 0.6 is 0 Å². The van der Waals surface area contributed by atoms with Crippen molar-refractivity contribution in [3.63, 3.8) is 0 Å². The van der Waals surface area contributed by atoms with E-state index in [1.807, 2.05) is 25.4 Å². The van der Waals surface area contributed by atoms with Gasteiger partial charge >= 0.3 is 0 Å². The van der Waals surface area contributed by atoms with E-state index in [1.54, 1.807) is 11.6 Å². The first kappa shape index (κ1) is 13.9. The van der Waals surface area contributed by atoms with Gasteiger partial charge in [-0.25, -0.2) is 9.50 Å². The van der Waals surface area contributed by atoms with Crippen LogP contribution in [0.15, 0.2) is 18.5 Å². The third-order valence-electron chi connectivity index (χ3n) is 2.67. The van der Waals surface area contributed by atoms with Gasteiger partial charge in [0.15, 0.2) is 5.65 Å². The first-order valence-corrected chi connectivity index (χ1v) is 6.38. The van der Waals surface area contributed by atoms with Gasteiger partial charge in [0.1, 0.15) is 0 Å². The van der Waals surface area contributed by atoms with Crippen LogP contribution in [0.5, 0.6) is 0 Å². The summed E-state index contributed by atoms with van der Waals surface area (Å²) in [6.45, 7) is 5.48. The highest BCUT2D eigenvalue weighted by molar-refractivity contribution is 5.38. The Bertz CT molecular complexity index is 512. The number of aryl methyl sites for hydroxylation is 1. The van der Waals surface area contributed by atoms with E-state index in [1.165, 1.54) is 0 Å². The fourth-order valence-electron chi connectivity index (χ4n) is 1.75. The number of ether oxygens (including phenoxy) is 2. The largest absolute Gasteiger partial charge is 0.382 e. The summed E-state index contributed by atoms with van der Waals surface area (Å²) in [5, 5.41) is 7.64. The Labute approximate surface area is 112 Å². The monoisotopic (exact) mass is 264 g/mol. The van der Waals surface area contributed by atoms with E-state index in [0.29, 0.717) is 19.8 Å². The molecule has 0 aromatic carbocycles. The lowest BCUT2D eigenvalue weighted by Crippen LogP contribution is -2.20. The van der Waals surface area contributed by atoms with E-state index in [2.05, 4.69) is 15.4 Å². The molecule has 0 spiro atoms. The number of aromatic nitrogens is 3. The Morgan fingerprint density at radius 3 is 3.05 bits per heavy atom. The van der Waals surface area contributed by atoms with Crippen LogP contribution in [0.4, 0.5) is 0 Å². The predicted octanol–water partition coefficient (Wildman–Crippen LogP) is 0.790. The summed E-state index contributed by atoms with van der Waals surface area (Å²) in [4.78, 5) is 4.35. The van der Waals surface area contributed by atoms with Crippen molar-refractivity contribution in [1.82, 2.24) is 19.9 Å². The summed E-state index contributed by atoms with van der Waals surface area (Å²) in [6, 6.07) is 1.96. The Hall–Kier alpha value is -1.50.